The van der Waals surface area contributed by atoms with Gasteiger partial charge in [-0.25, -0.2) is 4.79 Å². The third-order valence-corrected chi connectivity index (χ3v) is 7.43. The summed E-state index contributed by atoms with van der Waals surface area (Å²) in [6.07, 6.45) is 3.17. The number of amides is 4. The van der Waals surface area contributed by atoms with E-state index in [0.29, 0.717) is 69.3 Å². The lowest BCUT2D eigenvalue weighted by Crippen LogP contribution is -2.57. The van der Waals surface area contributed by atoms with Crippen LogP contribution >= 0.6 is 0 Å². The van der Waals surface area contributed by atoms with Crippen LogP contribution in [-0.2, 0) is 16.0 Å². The number of rotatable bonds is 9. The summed E-state index contributed by atoms with van der Waals surface area (Å²) >= 11 is 0. The highest BCUT2D eigenvalue weighted by Gasteiger charge is 2.55. The van der Waals surface area contributed by atoms with Crippen molar-refractivity contribution in [3.05, 3.63) is 23.8 Å². The highest BCUT2D eigenvalue weighted by Crippen LogP contribution is 2.38. The minimum atomic E-state index is -0.875. The molecule has 9 heteroatoms. The van der Waals surface area contributed by atoms with Crippen LogP contribution in [0.15, 0.2) is 18.2 Å². The highest BCUT2D eigenvalue weighted by molar-refractivity contribution is 6.07. The first-order chi connectivity index (χ1) is 16.7. The lowest BCUT2D eigenvalue weighted by atomic mass is 9.73. The number of imide groups is 1. The molecule has 192 valence electrons. The first-order valence-electron chi connectivity index (χ1n) is 12.6. The molecule has 3 aliphatic rings. The average molecular weight is 487 g/mol. The third-order valence-electron chi connectivity index (χ3n) is 7.43. The second-order valence-electron chi connectivity index (χ2n) is 10.6. The summed E-state index contributed by atoms with van der Waals surface area (Å²) < 4.78 is 10.8. The highest BCUT2D eigenvalue weighted by atomic mass is 16.7. The summed E-state index contributed by atoms with van der Waals surface area (Å²) in [5.41, 5.74) is 0.0182. The summed E-state index contributed by atoms with van der Waals surface area (Å²) in [6, 6.07) is 5.31. The molecule has 0 aromatic heterocycles. The monoisotopic (exact) mass is 486 g/mol. The fraction of sp³-hybridized carbons (Fsp3) is 0.654. The molecule has 1 aromatic carbocycles. The number of hydrogen-bond donors (Lipinski definition) is 1. The number of carbonyl (C=O) groups is 3. The molecule has 3 heterocycles. The lowest BCUT2D eigenvalue weighted by Gasteiger charge is -2.41. The Morgan fingerprint density at radius 2 is 1.89 bits per heavy atom. The minimum absolute atomic E-state index is 0.0108. The van der Waals surface area contributed by atoms with Gasteiger partial charge in [0.15, 0.2) is 11.5 Å². The van der Waals surface area contributed by atoms with Gasteiger partial charge in [-0.3, -0.25) is 14.5 Å². The second-order valence-corrected chi connectivity index (χ2v) is 10.6. The van der Waals surface area contributed by atoms with Crippen LogP contribution in [0.5, 0.6) is 11.5 Å². The van der Waals surface area contributed by atoms with E-state index < -0.39 is 5.54 Å². The van der Waals surface area contributed by atoms with Gasteiger partial charge in [-0.2, -0.15) is 0 Å². The number of likely N-dealkylation sites (tertiary alicyclic amines) is 1. The van der Waals surface area contributed by atoms with Gasteiger partial charge in [-0.05, 0) is 69.3 Å². The van der Waals surface area contributed by atoms with Crippen molar-refractivity contribution in [2.45, 2.75) is 51.5 Å². The van der Waals surface area contributed by atoms with Gasteiger partial charge in [0, 0.05) is 26.2 Å². The second kappa shape index (κ2) is 10.4. The van der Waals surface area contributed by atoms with Gasteiger partial charge in [0.1, 0.15) is 5.54 Å². The zero-order chi connectivity index (χ0) is 25.2. The molecular weight excluding hydrogens is 448 g/mol. The molecule has 0 spiro atoms. The Kier molecular flexibility index (Phi) is 7.54. The van der Waals surface area contributed by atoms with E-state index in [4.69, 9.17) is 9.47 Å². The molecule has 1 aromatic rings. The first-order valence-corrected chi connectivity index (χ1v) is 12.6. The van der Waals surface area contributed by atoms with Crippen molar-refractivity contribution in [3.63, 3.8) is 0 Å². The SMILES string of the molecule is CC(C)CC[C@@]1(C2CCN(C(=O)Cc3ccc4c(c3)OCO4)CC2)NC(=O)N(CCN(C)C)C1=O. The van der Waals surface area contributed by atoms with Crippen molar-refractivity contribution in [1.29, 1.82) is 0 Å². The minimum Gasteiger partial charge on any atom is -0.454 e. The fourth-order valence-corrected chi connectivity index (χ4v) is 5.27. The maximum atomic E-state index is 13.6. The molecule has 0 aliphatic carbocycles. The molecule has 9 nitrogen and oxygen atoms in total. The van der Waals surface area contributed by atoms with Crippen LogP contribution in [0.25, 0.3) is 0 Å². The van der Waals surface area contributed by atoms with Gasteiger partial charge in [0.05, 0.1) is 6.42 Å². The van der Waals surface area contributed by atoms with Crippen LogP contribution in [-0.4, -0.2) is 85.2 Å². The van der Waals surface area contributed by atoms with Crippen molar-refractivity contribution in [3.8, 4) is 11.5 Å². The smallest absolute Gasteiger partial charge is 0.325 e. The number of benzene rings is 1. The fourth-order valence-electron chi connectivity index (χ4n) is 5.27. The van der Waals surface area contributed by atoms with Gasteiger partial charge in [0.2, 0.25) is 12.7 Å². The van der Waals surface area contributed by atoms with Crippen LogP contribution in [0.2, 0.25) is 0 Å². The zero-order valence-electron chi connectivity index (χ0n) is 21.3. The molecule has 2 fully saturated rings. The van der Waals surface area contributed by atoms with E-state index in [0.717, 1.165) is 12.0 Å². The number of fused-ring (bicyclic) bond motifs is 1. The van der Waals surface area contributed by atoms with E-state index in [9.17, 15) is 14.4 Å². The average Bonchev–Trinajstić information content (AvgIpc) is 3.38. The molecule has 4 rings (SSSR count). The number of piperidine rings is 1. The lowest BCUT2D eigenvalue weighted by molar-refractivity contribution is -0.136. The predicted molar refractivity (Wildman–Crippen MR) is 131 cm³/mol. The van der Waals surface area contributed by atoms with Gasteiger partial charge in [-0.1, -0.05) is 19.9 Å². The number of nitrogens with one attached hydrogen (secondary N) is 1. The van der Waals surface area contributed by atoms with Crippen LogP contribution in [0, 0.1) is 11.8 Å². The quantitative estimate of drug-likeness (QED) is 0.540. The molecule has 3 aliphatic heterocycles. The maximum Gasteiger partial charge on any atom is 0.325 e. The Morgan fingerprint density at radius 3 is 2.57 bits per heavy atom. The third kappa shape index (κ3) is 5.39. The first kappa shape index (κ1) is 25.3. The van der Waals surface area contributed by atoms with Crippen molar-refractivity contribution in [2.75, 3.05) is 47.1 Å². The van der Waals surface area contributed by atoms with Crippen LogP contribution in [0.1, 0.15) is 45.1 Å². The number of nitrogens with zero attached hydrogens (tertiary/aromatic N) is 3. The molecule has 0 saturated carbocycles. The summed E-state index contributed by atoms with van der Waals surface area (Å²) in [5, 5.41) is 3.11. The molecule has 1 atom stereocenters. The zero-order valence-corrected chi connectivity index (χ0v) is 21.3. The molecule has 0 unspecified atom stereocenters. The van der Waals surface area contributed by atoms with Gasteiger partial charge >= 0.3 is 6.03 Å². The van der Waals surface area contributed by atoms with E-state index in [1.807, 2.05) is 42.1 Å². The summed E-state index contributed by atoms with van der Waals surface area (Å²) in [5.74, 6) is 1.78. The van der Waals surface area contributed by atoms with E-state index in [2.05, 4.69) is 19.2 Å². The molecular formula is C26H38N4O5. The van der Waals surface area contributed by atoms with E-state index in [1.54, 1.807) is 0 Å². The Morgan fingerprint density at radius 1 is 1.17 bits per heavy atom. The summed E-state index contributed by atoms with van der Waals surface area (Å²) in [6.45, 7) is 6.66. The molecule has 35 heavy (non-hydrogen) atoms. The van der Waals surface area contributed by atoms with Crippen LogP contribution in [0.3, 0.4) is 0 Å². The number of urea groups is 1. The Bertz CT molecular complexity index is 957. The Hall–Kier alpha value is -2.81. The van der Waals surface area contributed by atoms with E-state index in [-0.39, 0.29) is 30.6 Å². The molecule has 1 N–H and O–H groups in total. The van der Waals surface area contributed by atoms with Crippen molar-refractivity contribution >= 4 is 17.8 Å². The predicted octanol–water partition coefficient (Wildman–Crippen LogP) is 2.48. The van der Waals surface area contributed by atoms with Gasteiger partial charge in [-0.15, -0.1) is 0 Å². The number of likely N-dealkylation sites (N-methyl/N-ethyl adjacent to an activating group) is 1. The Balaban J connectivity index is 1.41. The van der Waals surface area contributed by atoms with E-state index in [1.165, 1.54) is 4.90 Å². The van der Waals surface area contributed by atoms with Gasteiger partial charge < -0.3 is 24.6 Å². The summed E-state index contributed by atoms with van der Waals surface area (Å²) in [7, 11) is 3.86. The normalized spacial score (nSPS) is 22.5. The molecule has 0 radical (unpaired) electrons. The molecule has 2 saturated heterocycles. The van der Waals surface area contributed by atoms with E-state index >= 15 is 0 Å². The summed E-state index contributed by atoms with van der Waals surface area (Å²) in [4.78, 5) is 44.7. The topological polar surface area (TPSA) is 91.4 Å². The van der Waals surface area contributed by atoms with Crippen molar-refractivity contribution in [2.24, 2.45) is 11.8 Å². The number of hydrogen-bond acceptors (Lipinski definition) is 6. The standard InChI is InChI=1S/C26H38N4O5/c1-18(2)7-10-26(24(32)30(25(33)27-26)14-13-28(3)4)20-8-11-29(12-9-20)23(31)16-19-5-6-21-22(15-19)35-17-34-21/h5-6,15,18,20H,7-14,16-17H2,1-4H3,(H,27,33)/t26-/m0/s1. The maximum absolute atomic E-state index is 13.6. The molecule has 0 bridgehead atoms. The number of carbonyl (C=O) groups excluding carboxylic acids is 3. The Labute approximate surface area is 207 Å². The molecule has 4 amide bonds. The van der Waals surface area contributed by atoms with Crippen molar-refractivity contribution in [1.82, 2.24) is 20.0 Å². The van der Waals surface area contributed by atoms with Crippen LogP contribution < -0.4 is 14.8 Å². The largest absolute Gasteiger partial charge is 0.454 e. The van der Waals surface area contributed by atoms with Crippen molar-refractivity contribution < 1.29 is 23.9 Å². The number of ether oxygens (including phenoxy) is 2. The van der Waals surface area contributed by atoms with Gasteiger partial charge in [0.25, 0.3) is 5.91 Å². The van der Waals surface area contributed by atoms with Crippen LogP contribution in [0.4, 0.5) is 4.79 Å².